The molecule has 2 heterocycles. The second-order valence-corrected chi connectivity index (χ2v) is 6.43. The van der Waals surface area contributed by atoms with Crippen molar-refractivity contribution in [2.75, 3.05) is 7.05 Å². The summed E-state index contributed by atoms with van der Waals surface area (Å²) in [5.41, 5.74) is 3.25. The first kappa shape index (κ1) is 15.0. The number of fused-ring (bicyclic) bond motifs is 1. The number of rotatable bonds is 2. The van der Waals surface area contributed by atoms with Gasteiger partial charge in [-0.2, -0.15) is 5.10 Å². The van der Waals surface area contributed by atoms with Crippen LogP contribution in [0.2, 0.25) is 0 Å². The van der Waals surface area contributed by atoms with Crippen molar-refractivity contribution in [1.29, 1.82) is 0 Å². The Balaban J connectivity index is 2.03. The molecule has 0 atom stereocenters. The van der Waals surface area contributed by atoms with Crippen molar-refractivity contribution in [3.63, 3.8) is 0 Å². The van der Waals surface area contributed by atoms with E-state index in [2.05, 4.69) is 10.1 Å². The molecule has 0 spiro atoms. The van der Waals surface area contributed by atoms with Gasteiger partial charge in [-0.25, -0.2) is 4.98 Å². The van der Waals surface area contributed by atoms with Crippen LogP contribution in [0.1, 0.15) is 53.8 Å². The number of pyridine rings is 1. The minimum Gasteiger partial charge on any atom is -0.339 e. The molecular formula is C17H24N4O. The largest absolute Gasteiger partial charge is 0.339 e. The van der Waals surface area contributed by atoms with Crippen molar-refractivity contribution in [1.82, 2.24) is 19.7 Å². The van der Waals surface area contributed by atoms with Crippen molar-refractivity contribution in [3.05, 3.63) is 23.0 Å². The summed E-state index contributed by atoms with van der Waals surface area (Å²) in [5.74, 6) is 0.0958. The summed E-state index contributed by atoms with van der Waals surface area (Å²) in [5, 5.41) is 5.32. The quantitative estimate of drug-likeness (QED) is 0.856. The third-order valence-electron chi connectivity index (χ3n) is 4.77. The van der Waals surface area contributed by atoms with E-state index in [9.17, 15) is 4.79 Å². The van der Waals surface area contributed by atoms with Crippen molar-refractivity contribution < 1.29 is 4.79 Å². The van der Waals surface area contributed by atoms with Gasteiger partial charge in [-0.15, -0.1) is 0 Å². The van der Waals surface area contributed by atoms with Gasteiger partial charge in [0.05, 0.1) is 16.6 Å². The summed E-state index contributed by atoms with van der Waals surface area (Å²) in [7, 11) is 3.81. The Bertz CT molecular complexity index is 713. The first-order chi connectivity index (χ1) is 10.5. The Hall–Kier alpha value is -1.91. The molecule has 5 heteroatoms. The molecule has 1 aliphatic carbocycles. The molecule has 0 unspecified atom stereocenters. The minimum absolute atomic E-state index is 0.0958. The summed E-state index contributed by atoms with van der Waals surface area (Å²) in [6.07, 6.45) is 5.96. The topological polar surface area (TPSA) is 51.0 Å². The number of hydrogen-bond donors (Lipinski definition) is 0. The van der Waals surface area contributed by atoms with E-state index >= 15 is 0 Å². The first-order valence-corrected chi connectivity index (χ1v) is 8.07. The lowest BCUT2D eigenvalue weighted by Crippen LogP contribution is -2.38. The highest BCUT2D eigenvalue weighted by Crippen LogP contribution is 2.26. The molecule has 1 amide bonds. The lowest BCUT2D eigenvalue weighted by atomic mass is 9.94. The van der Waals surface area contributed by atoms with Gasteiger partial charge in [-0.3, -0.25) is 9.48 Å². The van der Waals surface area contributed by atoms with Gasteiger partial charge >= 0.3 is 0 Å². The molecule has 22 heavy (non-hydrogen) atoms. The molecular weight excluding hydrogens is 276 g/mol. The van der Waals surface area contributed by atoms with Crippen LogP contribution in [0.25, 0.3) is 11.0 Å². The number of hydrogen-bond acceptors (Lipinski definition) is 3. The van der Waals surface area contributed by atoms with E-state index in [0.29, 0.717) is 6.04 Å². The molecule has 0 bridgehead atoms. The zero-order valence-corrected chi connectivity index (χ0v) is 13.9. The van der Waals surface area contributed by atoms with Crippen LogP contribution in [0, 0.1) is 13.8 Å². The smallest absolute Gasteiger partial charge is 0.254 e. The molecule has 5 nitrogen and oxygen atoms in total. The van der Waals surface area contributed by atoms with E-state index in [1.54, 1.807) is 4.68 Å². The zero-order valence-electron chi connectivity index (χ0n) is 13.9. The molecule has 1 fully saturated rings. The monoisotopic (exact) mass is 300 g/mol. The molecule has 0 aromatic carbocycles. The Morgan fingerprint density at radius 3 is 2.64 bits per heavy atom. The van der Waals surface area contributed by atoms with Gasteiger partial charge in [0.2, 0.25) is 0 Å². The number of nitrogens with zero attached hydrogens (tertiary/aromatic N) is 4. The molecule has 1 saturated carbocycles. The Morgan fingerprint density at radius 1 is 1.27 bits per heavy atom. The van der Waals surface area contributed by atoms with Gasteiger partial charge in [0, 0.05) is 25.8 Å². The molecule has 0 aliphatic heterocycles. The Labute approximate surface area is 131 Å². The van der Waals surface area contributed by atoms with Gasteiger partial charge in [-0.05, 0) is 32.8 Å². The highest BCUT2D eigenvalue weighted by atomic mass is 16.2. The maximum absolute atomic E-state index is 13.0. The molecule has 0 radical (unpaired) electrons. The van der Waals surface area contributed by atoms with Crippen molar-refractivity contribution >= 4 is 16.9 Å². The van der Waals surface area contributed by atoms with Crippen molar-refractivity contribution in [2.24, 2.45) is 7.05 Å². The lowest BCUT2D eigenvalue weighted by Gasteiger charge is -2.31. The van der Waals surface area contributed by atoms with Crippen LogP contribution in [-0.2, 0) is 7.05 Å². The summed E-state index contributed by atoms with van der Waals surface area (Å²) < 4.78 is 1.76. The number of aromatic nitrogens is 3. The van der Waals surface area contributed by atoms with Crippen LogP contribution in [0.3, 0.4) is 0 Å². The number of carbonyl (C=O) groups excluding carboxylic acids is 1. The molecule has 0 N–H and O–H groups in total. The fraction of sp³-hybridized carbons (Fsp3) is 0.588. The molecule has 2 aromatic rings. The molecule has 3 rings (SSSR count). The SMILES string of the molecule is Cc1cc(C(=O)N(C)C2CCCCC2)c2c(C)nn(C)c2n1. The third-order valence-corrected chi connectivity index (χ3v) is 4.77. The standard InChI is InChI=1S/C17H24N4O/c1-11-10-14(15-12(2)19-21(4)16(15)18-11)17(22)20(3)13-8-6-5-7-9-13/h10,13H,5-9H2,1-4H3. The second-order valence-electron chi connectivity index (χ2n) is 6.43. The van der Waals surface area contributed by atoms with Crippen LogP contribution >= 0.6 is 0 Å². The average molecular weight is 300 g/mol. The van der Waals surface area contributed by atoms with Crippen molar-refractivity contribution in [3.8, 4) is 0 Å². The number of aryl methyl sites for hydroxylation is 3. The maximum atomic E-state index is 13.0. The van der Waals surface area contributed by atoms with E-state index in [1.165, 1.54) is 19.3 Å². The second kappa shape index (κ2) is 5.71. The zero-order chi connectivity index (χ0) is 15.9. The van der Waals surface area contributed by atoms with Crippen LogP contribution in [0.4, 0.5) is 0 Å². The highest BCUT2D eigenvalue weighted by molar-refractivity contribution is 6.06. The van der Waals surface area contributed by atoms with E-state index in [4.69, 9.17) is 0 Å². The fourth-order valence-corrected chi connectivity index (χ4v) is 3.56. The number of carbonyl (C=O) groups is 1. The van der Waals surface area contributed by atoms with Crippen LogP contribution in [0.5, 0.6) is 0 Å². The van der Waals surface area contributed by atoms with E-state index in [-0.39, 0.29) is 5.91 Å². The van der Waals surface area contributed by atoms with E-state index < -0.39 is 0 Å². The van der Waals surface area contributed by atoms with E-state index in [0.717, 1.165) is 40.8 Å². The predicted octanol–water partition coefficient (Wildman–Crippen LogP) is 2.99. The van der Waals surface area contributed by atoms with Crippen LogP contribution < -0.4 is 0 Å². The molecule has 0 saturated heterocycles. The Morgan fingerprint density at radius 2 is 1.95 bits per heavy atom. The van der Waals surface area contributed by atoms with Crippen LogP contribution in [0.15, 0.2) is 6.07 Å². The average Bonchev–Trinajstić information content (AvgIpc) is 2.80. The lowest BCUT2D eigenvalue weighted by molar-refractivity contribution is 0.0698. The fourth-order valence-electron chi connectivity index (χ4n) is 3.56. The first-order valence-electron chi connectivity index (χ1n) is 8.07. The van der Waals surface area contributed by atoms with Gasteiger partial charge in [0.1, 0.15) is 0 Å². The van der Waals surface area contributed by atoms with Crippen LogP contribution in [-0.4, -0.2) is 38.7 Å². The molecule has 1 aliphatic rings. The van der Waals surface area contributed by atoms with Gasteiger partial charge in [0.25, 0.3) is 5.91 Å². The molecule has 118 valence electrons. The summed E-state index contributed by atoms with van der Waals surface area (Å²) >= 11 is 0. The maximum Gasteiger partial charge on any atom is 0.254 e. The summed E-state index contributed by atoms with van der Waals surface area (Å²) in [6.45, 7) is 3.87. The summed E-state index contributed by atoms with van der Waals surface area (Å²) in [6, 6.07) is 2.26. The third kappa shape index (κ3) is 2.49. The van der Waals surface area contributed by atoms with Gasteiger partial charge in [-0.1, -0.05) is 19.3 Å². The van der Waals surface area contributed by atoms with Crippen molar-refractivity contribution in [2.45, 2.75) is 52.0 Å². The van der Waals surface area contributed by atoms with Gasteiger partial charge < -0.3 is 4.90 Å². The molecule has 2 aromatic heterocycles. The normalized spacial score (nSPS) is 16.2. The highest BCUT2D eigenvalue weighted by Gasteiger charge is 2.26. The van der Waals surface area contributed by atoms with Gasteiger partial charge in [0.15, 0.2) is 5.65 Å². The van der Waals surface area contributed by atoms with E-state index in [1.807, 2.05) is 38.9 Å². The summed E-state index contributed by atoms with van der Waals surface area (Å²) in [4.78, 5) is 19.5. The minimum atomic E-state index is 0.0958. The number of amides is 1. The Kier molecular flexibility index (Phi) is 3.89. The predicted molar refractivity (Wildman–Crippen MR) is 86.9 cm³/mol.